The maximum absolute atomic E-state index is 12.2. The molecule has 0 saturated carbocycles. The summed E-state index contributed by atoms with van der Waals surface area (Å²) in [5.74, 6) is 0.681. The molecule has 1 aliphatic heterocycles. The highest BCUT2D eigenvalue weighted by Gasteiger charge is 2.15. The number of fused-ring (bicyclic) bond motifs is 1. The predicted molar refractivity (Wildman–Crippen MR) is 75.8 cm³/mol. The number of amides is 1. The maximum Gasteiger partial charge on any atom is 0.251 e. The van der Waals surface area contributed by atoms with E-state index in [0.717, 1.165) is 35.7 Å². The molecule has 5 nitrogen and oxygen atoms in total. The van der Waals surface area contributed by atoms with Gasteiger partial charge < -0.3 is 15.2 Å². The standard InChI is InChI=1S/C15H17N3O2/c1-9-13(10(2)20-18-9)8-17-15(19)12-3-4-14-11(7-12)5-6-16-14/h3-4,7,16H,5-6,8H2,1-2H3,(H,17,19). The zero-order valence-corrected chi connectivity index (χ0v) is 11.6. The number of rotatable bonds is 3. The number of aryl methyl sites for hydroxylation is 2. The Morgan fingerprint density at radius 3 is 3.05 bits per heavy atom. The largest absolute Gasteiger partial charge is 0.384 e. The SMILES string of the molecule is Cc1noc(C)c1CNC(=O)c1ccc2c(c1)CCN2. The Morgan fingerprint density at radius 1 is 1.45 bits per heavy atom. The average molecular weight is 271 g/mol. The number of benzene rings is 1. The van der Waals surface area contributed by atoms with E-state index in [2.05, 4.69) is 15.8 Å². The fourth-order valence-corrected chi connectivity index (χ4v) is 2.47. The van der Waals surface area contributed by atoms with E-state index in [0.29, 0.717) is 12.1 Å². The number of hydrogen-bond donors (Lipinski definition) is 2. The van der Waals surface area contributed by atoms with Crippen molar-refractivity contribution in [3.63, 3.8) is 0 Å². The van der Waals surface area contributed by atoms with E-state index in [1.54, 1.807) is 0 Å². The maximum atomic E-state index is 12.2. The summed E-state index contributed by atoms with van der Waals surface area (Å²) in [5.41, 5.74) is 4.80. The summed E-state index contributed by atoms with van der Waals surface area (Å²) in [6.45, 7) is 5.11. The minimum Gasteiger partial charge on any atom is -0.384 e. The van der Waals surface area contributed by atoms with Gasteiger partial charge in [0.2, 0.25) is 0 Å². The van der Waals surface area contributed by atoms with Crippen molar-refractivity contribution in [3.05, 3.63) is 46.3 Å². The Balaban J connectivity index is 1.71. The molecule has 5 heteroatoms. The molecule has 1 aromatic carbocycles. The second kappa shape index (κ2) is 5.00. The van der Waals surface area contributed by atoms with Gasteiger partial charge in [0.1, 0.15) is 5.76 Å². The van der Waals surface area contributed by atoms with Crippen LogP contribution >= 0.6 is 0 Å². The van der Waals surface area contributed by atoms with Crippen LogP contribution in [0.1, 0.15) is 32.9 Å². The molecule has 1 aliphatic rings. The third-order valence-electron chi connectivity index (χ3n) is 3.68. The minimum absolute atomic E-state index is 0.0697. The third kappa shape index (κ3) is 2.27. The Kier molecular flexibility index (Phi) is 3.18. The molecule has 0 radical (unpaired) electrons. The first-order valence-electron chi connectivity index (χ1n) is 6.72. The molecule has 0 spiro atoms. The van der Waals surface area contributed by atoms with Crippen LogP contribution in [0.3, 0.4) is 0 Å². The van der Waals surface area contributed by atoms with Crippen molar-refractivity contribution in [3.8, 4) is 0 Å². The fraction of sp³-hybridized carbons (Fsp3) is 0.333. The molecular weight excluding hydrogens is 254 g/mol. The van der Waals surface area contributed by atoms with E-state index < -0.39 is 0 Å². The number of carbonyl (C=O) groups is 1. The van der Waals surface area contributed by atoms with Gasteiger partial charge in [-0.1, -0.05) is 5.16 Å². The van der Waals surface area contributed by atoms with Crippen molar-refractivity contribution in [2.45, 2.75) is 26.8 Å². The molecule has 3 rings (SSSR count). The molecule has 104 valence electrons. The zero-order valence-electron chi connectivity index (χ0n) is 11.6. The Hall–Kier alpha value is -2.30. The van der Waals surface area contributed by atoms with Crippen LogP contribution in [0.15, 0.2) is 22.7 Å². The molecule has 2 aromatic rings. The van der Waals surface area contributed by atoms with Crippen LogP contribution in [0.4, 0.5) is 5.69 Å². The molecular formula is C15H17N3O2. The second-order valence-corrected chi connectivity index (χ2v) is 5.03. The van der Waals surface area contributed by atoms with Crippen LogP contribution < -0.4 is 10.6 Å². The van der Waals surface area contributed by atoms with Gasteiger partial charge in [0.05, 0.1) is 5.69 Å². The molecule has 0 unspecified atom stereocenters. The zero-order chi connectivity index (χ0) is 14.1. The Bertz CT molecular complexity index is 642. The van der Waals surface area contributed by atoms with Crippen LogP contribution in [0.2, 0.25) is 0 Å². The average Bonchev–Trinajstić information content (AvgIpc) is 3.03. The minimum atomic E-state index is -0.0697. The number of hydrogen-bond acceptors (Lipinski definition) is 4. The Morgan fingerprint density at radius 2 is 2.30 bits per heavy atom. The summed E-state index contributed by atoms with van der Waals surface area (Å²) in [5, 5.41) is 10.1. The number of nitrogens with zero attached hydrogens (tertiary/aromatic N) is 1. The number of carbonyl (C=O) groups excluding carboxylic acids is 1. The molecule has 1 amide bonds. The van der Waals surface area contributed by atoms with Gasteiger partial charge in [-0.15, -0.1) is 0 Å². The van der Waals surface area contributed by atoms with Crippen molar-refractivity contribution in [1.29, 1.82) is 0 Å². The smallest absolute Gasteiger partial charge is 0.251 e. The van der Waals surface area contributed by atoms with Gasteiger partial charge in [0.25, 0.3) is 5.91 Å². The lowest BCUT2D eigenvalue weighted by molar-refractivity contribution is 0.0950. The molecule has 0 atom stereocenters. The van der Waals surface area contributed by atoms with Gasteiger partial charge in [0, 0.05) is 29.9 Å². The highest BCUT2D eigenvalue weighted by Crippen LogP contribution is 2.23. The van der Waals surface area contributed by atoms with Crippen molar-refractivity contribution in [1.82, 2.24) is 10.5 Å². The highest BCUT2D eigenvalue weighted by atomic mass is 16.5. The van der Waals surface area contributed by atoms with Crippen LogP contribution in [0.25, 0.3) is 0 Å². The van der Waals surface area contributed by atoms with E-state index in [4.69, 9.17) is 4.52 Å². The molecule has 20 heavy (non-hydrogen) atoms. The molecule has 0 aliphatic carbocycles. The van der Waals surface area contributed by atoms with E-state index >= 15 is 0 Å². The van der Waals surface area contributed by atoms with Crippen molar-refractivity contribution < 1.29 is 9.32 Å². The highest BCUT2D eigenvalue weighted by molar-refractivity contribution is 5.95. The summed E-state index contributed by atoms with van der Waals surface area (Å²) in [7, 11) is 0. The summed E-state index contributed by atoms with van der Waals surface area (Å²) in [6, 6.07) is 5.77. The quantitative estimate of drug-likeness (QED) is 0.898. The van der Waals surface area contributed by atoms with Crippen molar-refractivity contribution in [2.75, 3.05) is 11.9 Å². The lowest BCUT2D eigenvalue weighted by Crippen LogP contribution is -2.23. The molecule has 2 heterocycles. The van der Waals surface area contributed by atoms with Crippen molar-refractivity contribution >= 4 is 11.6 Å². The molecule has 1 aromatic heterocycles. The first-order chi connectivity index (χ1) is 9.65. The van der Waals surface area contributed by atoms with E-state index in [-0.39, 0.29) is 5.91 Å². The molecule has 0 fully saturated rings. The van der Waals surface area contributed by atoms with Crippen LogP contribution in [0.5, 0.6) is 0 Å². The number of nitrogens with one attached hydrogen (secondary N) is 2. The monoisotopic (exact) mass is 271 g/mol. The molecule has 0 bridgehead atoms. The number of aromatic nitrogens is 1. The second-order valence-electron chi connectivity index (χ2n) is 5.03. The van der Waals surface area contributed by atoms with E-state index in [9.17, 15) is 4.79 Å². The van der Waals surface area contributed by atoms with Gasteiger partial charge >= 0.3 is 0 Å². The predicted octanol–water partition coefficient (Wildman–Crippen LogP) is 2.19. The van der Waals surface area contributed by atoms with E-state index in [1.165, 1.54) is 5.56 Å². The van der Waals surface area contributed by atoms with E-state index in [1.807, 2.05) is 32.0 Å². The summed E-state index contributed by atoms with van der Waals surface area (Å²) in [4.78, 5) is 12.2. The van der Waals surface area contributed by atoms with Crippen LogP contribution in [-0.4, -0.2) is 17.6 Å². The summed E-state index contributed by atoms with van der Waals surface area (Å²) >= 11 is 0. The summed E-state index contributed by atoms with van der Waals surface area (Å²) < 4.78 is 5.08. The third-order valence-corrected chi connectivity index (χ3v) is 3.68. The van der Waals surface area contributed by atoms with Gasteiger partial charge in [-0.2, -0.15) is 0 Å². The molecule has 0 saturated heterocycles. The topological polar surface area (TPSA) is 67.2 Å². The van der Waals surface area contributed by atoms with Crippen LogP contribution in [0, 0.1) is 13.8 Å². The van der Waals surface area contributed by atoms with Gasteiger partial charge in [-0.3, -0.25) is 4.79 Å². The van der Waals surface area contributed by atoms with Crippen molar-refractivity contribution in [2.24, 2.45) is 0 Å². The number of anilines is 1. The summed E-state index contributed by atoms with van der Waals surface area (Å²) in [6.07, 6.45) is 0.973. The lowest BCUT2D eigenvalue weighted by Gasteiger charge is -2.06. The fourth-order valence-electron chi connectivity index (χ4n) is 2.47. The van der Waals surface area contributed by atoms with Gasteiger partial charge in [-0.05, 0) is 44.0 Å². The first-order valence-corrected chi connectivity index (χ1v) is 6.72. The normalized spacial score (nSPS) is 12.9. The van der Waals surface area contributed by atoms with Crippen LogP contribution in [-0.2, 0) is 13.0 Å². The van der Waals surface area contributed by atoms with Gasteiger partial charge in [-0.25, -0.2) is 0 Å². The molecule has 2 N–H and O–H groups in total. The lowest BCUT2D eigenvalue weighted by atomic mass is 10.1. The Labute approximate surface area is 117 Å². The first kappa shape index (κ1) is 12.7. The van der Waals surface area contributed by atoms with Gasteiger partial charge in [0.15, 0.2) is 0 Å².